The molecule has 32 valence electrons. The third-order valence-electron chi connectivity index (χ3n) is 0. The summed E-state index contributed by atoms with van der Waals surface area (Å²) >= 11 is 0.125. The van der Waals surface area contributed by atoms with Crippen LogP contribution in [0.15, 0.2) is 0 Å². The van der Waals surface area contributed by atoms with Gasteiger partial charge in [-0.1, -0.05) is 0 Å². The molecular weight excluding hydrogens is 180 g/mol. The molecule has 0 aliphatic heterocycles. The van der Waals surface area contributed by atoms with E-state index < -0.39 is 6.16 Å². The summed E-state index contributed by atoms with van der Waals surface area (Å²) in [5.41, 5.74) is 0. The molecule has 6 heteroatoms. The molecule has 0 spiro atoms. The zero-order valence-electron chi connectivity index (χ0n) is 3.88. The second-order valence-corrected chi connectivity index (χ2v) is 0.266. The predicted octanol–water partition coefficient (Wildman–Crippen LogP) is -4.23. The van der Waals surface area contributed by atoms with Gasteiger partial charge >= 0.3 is 73.2 Å². The van der Waals surface area contributed by atoms with Crippen molar-refractivity contribution in [1.29, 1.82) is 0 Å². The molecular formula is CHKO4Zn. The first-order valence-electron chi connectivity index (χ1n) is 0.921. The van der Waals surface area contributed by atoms with Gasteiger partial charge in [-0.2, -0.15) is 0 Å². The Balaban J connectivity index is -0.0000000480. The third-order valence-corrected chi connectivity index (χ3v) is 0. The number of carbonyl (C=O) groups is 1. The minimum atomic E-state index is -2.08. The van der Waals surface area contributed by atoms with Crippen molar-refractivity contribution >= 4 is 6.16 Å². The number of hydrogen-bond donors (Lipinski definition) is 1. The Bertz CT molecular complexity index is 43.0. The number of carboxylic acid groups (broad SMARTS) is 2. The van der Waals surface area contributed by atoms with E-state index >= 15 is 0 Å². The number of rotatable bonds is 0. The van der Waals surface area contributed by atoms with Crippen LogP contribution >= 0.6 is 0 Å². The van der Waals surface area contributed by atoms with Crippen molar-refractivity contribution in [2.75, 3.05) is 0 Å². The molecule has 0 aromatic carbocycles. The van der Waals surface area contributed by atoms with Gasteiger partial charge < -0.3 is 15.0 Å². The predicted molar refractivity (Wildman–Crippen MR) is 8.71 cm³/mol. The van der Waals surface area contributed by atoms with Crippen LogP contribution in [0, 0.1) is 0 Å². The van der Waals surface area contributed by atoms with Crippen molar-refractivity contribution < 1.29 is 88.2 Å². The molecule has 0 amide bonds. The molecule has 1 N–H and O–H groups in total. The van der Waals surface area contributed by atoms with Gasteiger partial charge in [0, 0.05) is 0 Å². The zero-order chi connectivity index (χ0) is 5.58. The van der Waals surface area contributed by atoms with E-state index in [-0.39, 0.29) is 69.6 Å². The zero-order valence-corrected chi connectivity index (χ0v) is 9.97. The van der Waals surface area contributed by atoms with Crippen LogP contribution in [0.2, 0.25) is 0 Å². The topological polar surface area (TPSA) is 77.4 Å². The van der Waals surface area contributed by atoms with Gasteiger partial charge in [0.2, 0.25) is 6.16 Å². The Hall–Kier alpha value is 1.33. The summed E-state index contributed by atoms with van der Waals surface area (Å²) in [6, 6.07) is 0. The van der Waals surface area contributed by atoms with Gasteiger partial charge in [0.25, 0.3) is 0 Å². The number of hydrogen-bond acceptors (Lipinski definition) is 3. The summed E-state index contributed by atoms with van der Waals surface area (Å²) in [5, 5.41) is 15.3. The summed E-state index contributed by atoms with van der Waals surface area (Å²) in [4.78, 5) is 8.44. The molecule has 0 bridgehead atoms. The quantitative estimate of drug-likeness (QED) is 0.384. The van der Waals surface area contributed by atoms with Gasteiger partial charge in [-0.05, 0) is 0 Å². The van der Waals surface area contributed by atoms with Gasteiger partial charge in [0.05, 0.1) is 0 Å². The molecule has 0 rings (SSSR count). The van der Waals surface area contributed by atoms with E-state index in [0.29, 0.717) is 0 Å². The standard InChI is InChI=1S/CH2O3.K.O.Zn/c2-1(3)4;;;/h(H2,2,3,4);;;/q;+1;;/p-1. The van der Waals surface area contributed by atoms with Crippen LogP contribution in [0.1, 0.15) is 0 Å². The Kier molecular flexibility index (Phi) is 35.3. The van der Waals surface area contributed by atoms with Crippen molar-refractivity contribution in [3.63, 3.8) is 0 Å². The average molecular weight is 182 g/mol. The molecule has 0 atom stereocenters. The van der Waals surface area contributed by atoms with Crippen LogP contribution in [0.5, 0.6) is 0 Å². The minimum absolute atomic E-state index is 0. The molecule has 0 saturated carbocycles. The molecule has 0 aromatic heterocycles. The van der Waals surface area contributed by atoms with Crippen molar-refractivity contribution in [3.05, 3.63) is 0 Å². The molecule has 0 radical (unpaired) electrons. The Morgan fingerprint density at radius 1 is 1.57 bits per heavy atom. The van der Waals surface area contributed by atoms with Crippen LogP contribution < -0.4 is 56.5 Å². The van der Waals surface area contributed by atoms with E-state index in [1.807, 2.05) is 0 Å². The Labute approximate surface area is 92.6 Å². The molecule has 0 unspecified atom stereocenters. The fraction of sp³-hybridized carbons (Fsp3) is 0. The van der Waals surface area contributed by atoms with E-state index in [2.05, 4.69) is 0 Å². The first-order valence-corrected chi connectivity index (χ1v) is 2.13. The average Bonchev–Trinajstić information content (AvgIpc) is 1.41. The van der Waals surface area contributed by atoms with Crippen LogP contribution in [-0.4, -0.2) is 11.3 Å². The molecule has 4 nitrogen and oxygen atoms in total. The second-order valence-electron chi connectivity index (χ2n) is 0.266. The molecule has 7 heavy (non-hydrogen) atoms. The van der Waals surface area contributed by atoms with E-state index in [4.69, 9.17) is 18.6 Å². The summed E-state index contributed by atoms with van der Waals surface area (Å²) in [6.45, 7) is 0. The van der Waals surface area contributed by atoms with E-state index in [9.17, 15) is 0 Å². The summed E-state index contributed by atoms with van der Waals surface area (Å²) < 4.78 is 8.38. The van der Waals surface area contributed by atoms with Gasteiger partial charge in [0.15, 0.2) is 0 Å². The SMILES string of the molecule is O=C([O-])O.[K+].[O]=[Zn]. The van der Waals surface area contributed by atoms with Crippen LogP contribution in [0.25, 0.3) is 0 Å². The van der Waals surface area contributed by atoms with Gasteiger partial charge in [-0.3, -0.25) is 0 Å². The Morgan fingerprint density at radius 2 is 1.57 bits per heavy atom. The first-order chi connectivity index (χ1) is 2.73. The van der Waals surface area contributed by atoms with E-state index in [1.165, 1.54) is 0 Å². The molecule has 0 heterocycles. The fourth-order valence-electron chi connectivity index (χ4n) is 0. The second kappa shape index (κ2) is 15.7. The maximum absolute atomic E-state index is 8.44. The van der Waals surface area contributed by atoms with Crippen LogP contribution in [0.4, 0.5) is 4.79 Å². The van der Waals surface area contributed by atoms with Crippen molar-refractivity contribution in [2.45, 2.75) is 0 Å². The van der Waals surface area contributed by atoms with E-state index in [1.54, 1.807) is 0 Å². The molecule has 0 aliphatic carbocycles. The molecule has 0 aromatic rings. The summed E-state index contributed by atoms with van der Waals surface area (Å²) in [6.07, 6.45) is -2.08. The first kappa shape index (κ1) is 15.8. The fourth-order valence-corrected chi connectivity index (χ4v) is 0. The van der Waals surface area contributed by atoms with Crippen molar-refractivity contribution in [3.8, 4) is 0 Å². The van der Waals surface area contributed by atoms with Gasteiger partial charge in [-0.25, -0.2) is 0 Å². The Morgan fingerprint density at radius 3 is 1.57 bits per heavy atom. The molecule has 0 saturated heterocycles. The van der Waals surface area contributed by atoms with E-state index in [0.717, 1.165) is 0 Å². The molecule has 0 fully saturated rings. The summed E-state index contributed by atoms with van der Waals surface area (Å²) in [7, 11) is 0. The maximum atomic E-state index is 8.44. The summed E-state index contributed by atoms with van der Waals surface area (Å²) in [5.74, 6) is 0. The van der Waals surface area contributed by atoms with Gasteiger partial charge in [-0.15, -0.1) is 0 Å². The molecule has 0 aliphatic rings. The van der Waals surface area contributed by atoms with Gasteiger partial charge in [0.1, 0.15) is 0 Å². The third kappa shape index (κ3) is 118. The van der Waals surface area contributed by atoms with Crippen LogP contribution in [-0.2, 0) is 21.8 Å². The normalized spacial score (nSPS) is 4.29. The van der Waals surface area contributed by atoms with Crippen LogP contribution in [0.3, 0.4) is 0 Å². The van der Waals surface area contributed by atoms with Crippen molar-refractivity contribution in [1.82, 2.24) is 0 Å². The van der Waals surface area contributed by atoms with Crippen molar-refractivity contribution in [2.24, 2.45) is 0 Å². The monoisotopic (exact) mass is 180 g/mol.